The topological polar surface area (TPSA) is 115 Å². The van der Waals surface area contributed by atoms with Crippen LogP contribution in [0.2, 0.25) is 0 Å². The van der Waals surface area contributed by atoms with E-state index < -0.39 is 14.8 Å². The molecule has 1 aromatic heterocycles. The van der Waals surface area contributed by atoms with E-state index in [0.717, 1.165) is 13.0 Å². The van der Waals surface area contributed by atoms with Crippen molar-refractivity contribution in [2.45, 2.75) is 11.4 Å². The Labute approximate surface area is 126 Å². The highest BCUT2D eigenvalue weighted by Gasteiger charge is 2.25. The van der Waals surface area contributed by atoms with Crippen molar-refractivity contribution >= 4 is 26.6 Å². The number of hydrogen-bond donors (Lipinski definition) is 1. The van der Waals surface area contributed by atoms with Gasteiger partial charge in [0.1, 0.15) is 0 Å². The molecule has 2 aromatic rings. The maximum absolute atomic E-state index is 12.4. The summed E-state index contributed by atoms with van der Waals surface area (Å²) in [6.45, 7) is 1.51. The number of benzene rings is 1. The second-order valence-corrected chi connectivity index (χ2v) is 7.26. The normalized spacial score (nSPS) is 18.6. The molecule has 1 fully saturated rings. The van der Waals surface area contributed by atoms with Crippen molar-refractivity contribution in [2.75, 3.05) is 18.8 Å². The van der Waals surface area contributed by atoms with Gasteiger partial charge in [0.15, 0.2) is 14.9 Å². The summed E-state index contributed by atoms with van der Waals surface area (Å²) in [6.07, 6.45) is 2.00. The molecule has 1 N–H and O–H groups in total. The summed E-state index contributed by atoms with van der Waals surface area (Å²) in [4.78, 5) is 18.3. The van der Waals surface area contributed by atoms with E-state index in [-0.39, 0.29) is 22.4 Å². The standard InChI is InChI=1S/C13H14N4O4S/c18-17(19)10-1-2-11-12(5-10)15-7-13(16-11)22(20,21)8-9-3-4-14-6-9/h1-2,5,7,9,14H,3-4,6,8H2. The van der Waals surface area contributed by atoms with Gasteiger partial charge in [0.2, 0.25) is 0 Å². The zero-order valence-corrected chi connectivity index (χ0v) is 12.4. The van der Waals surface area contributed by atoms with Crippen molar-refractivity contribution in [3.8, 4) is 0 Å². The van der Waals surface area contributed by atoms with E-state index in [4.69, 9.17) is 0 Å². The molecule has 0 radical (unpaired) electrons. The van der Waals surface area contributed by atoms with Gasteiger partial charge in [-0.1, -0.05) is 0 Å². The first-order valence-corrected chi connectivity index (χ1v) is 8.45. The minimum Gasteiger partial charge on any atom is -0.316 e. The van der Waals surface area contributed by atoms with Gasteiger partial charge in [0, 0.05) is 12.1 Å². The molecule has 1 unspecified atom stereocenters. The quantitative estimate of drug-likeness (QED) is 0.657. The maximum atomic E-state index is 12.4. The van der Waals surface area contributed by atoms with E-state index >= 15 is 0 Å². The first-order chi connectivity index (χ1) is 10.5. The van der Waals surface area contributed by atoms with E-state index in [1.807, 2.05) is 0 Å². The van der Waals surface area contributed by atoms with Gasteiger partial charge in [-0.3, -0.25) is 15.1 Å². The average molecular weight is 322 g/mol. The van der Waals surface area contributed by atoms with E-state index in [0.29, 0.717) is 17.6 Å². The molecule has 3 rings (SSSR count). The number of nitrogens with one attached hydrogen (secondary N) is 1. The van der Waals surface area contributed by atoms with Gasteiger partial charge in [0.25, 0.3) is 5.69 Å². The molecule has 1 aromatic carbocycles. The van der Waals surface area contributed by atoms with Crippen molar-refractivity contribution in [1.29, 1.82) is 0 Å². The van der Waals surface area contributed by atoms with E-state index in [2.05, 4.69) is 15.3 Å². The summed E-state index contributed by atoms with van der Waals surface area (Å²) >= 11 is 0. The number of rotatable bonds is 4. The van der Waals surface area contributed by atoms with Crippen molar-refractivity contribution in [1.82, 2.24) is 15.3 Å². The Morgan fingerprint density at radius 1 is 1.36 bits per heavy atom. The smallest absolute Gasteiger partial charge is 0.271 e. The third kappa shape index (κ3) is 2.90. The van der Waals surface area contributed by atoms with Gasteiger partial charge >= 0.3 is 0 Å². The minimum atomic E-state index is -3.51. The lowest BCUT2D eigenvalue weighted by Gasteiger charge is -2.09. The zero-order valence-electron chi connectivity index (χ0n) is 11.6. The van der Waals surface area contributed by atoms with Crippen molar-refractivity contribution in [3.05, 3.63) is 34.5 Å². The Balaban J connectivity index is 1.94. The Morgan fingerprint density at radius 3 is 2.86 bits per heavy atom. The number of fused-ring (bicyclic) bond motifs is 1. The third-order valence-electron chi connectivity index (χ3n) is 3.65. The molecule has 1 aliphatic heterocycles. The fourth-order valence-corrected chi connectivity index (χ4v) is 4.02. The Morgan fingerprint density at radius 2 is 2.18 bits per heavy atom. The van der Waals surface area contributed by atoms with Crippen molar-refractivity contribution < 1.29 is 13.3 Å². The fourth-order valence-electron chi connectivity index (χ4n) is 2.50. The predicted molar refractivity (Wildman–Crippen MR) is 79.2 cm³/mol. The number of aromatic nitrogens is 2. The molecule has 1 atom stereocenters. The zero-order chi connectivity index (χ0) is 15.7. The monoisotopic (exact) mass is 322 g/mol. The molecule has 9 heteroatoms. The lowest BCUT2D eigenvalue weighted by atomic mass is 10.2. The molecule has 1 saturated heterocycles. The molecule has 2 heterocycles. The largest absolute Gasteiger partial charge is 0.316 e. The molecule has 0 bridgehead atoms. The van der Waals surface area contributed by atoms with Gasteiger partial charge in [0.05, 0.1) is 27.9 Å². The molecule has 0 spiro atoms. The number of nitro benzene ring substituents is 1. The number of hydrogen-bond acceptors (Lipinski definition) is 7. The number of non-ortho nitro benzene ring substituents is 1. The van der Waals surface area contributed by atoms with Gasteiger partial charge in [-0.15, -0.1) is 0 Å². The average Bonchev–Trinajstić information content (AvgIpc) is 2.98. The summed E-state index contributed by atoms with van der Waals surface area (Å²) in [7, 11) is -3.51. The van der Waals surface area contributed by atoms with Gasteiger partial charge in [-0.05, 0) is 31.5 Å². The van der Waals surface area contributed by atoms with Crippen LogP contribution >= 0.6 is 0 Å². The van der Waals surface area contributed by atoms with Crippen LogP contribution in [-0.2, 0) is 9.84 Å². The van der Waals surface area contributed by atoms with Crippen LogP contribution in [0.3, 0.4) is 0 Å². The van der Waals surface area contributed by atoms with Crippen LogP contribution in [0.25, 0.3) is 11.0 Å². The molecule has 8 nitrogen and oxygen atoms in total. The summed E-state index contributed by atoms with van der Waals surface area (Å²) < 4.78 is 24.7. The van der Waals surface area contributed by atoms with Crippen LogP contribution in [0.5, 0.6) is 0 Å². The number of sulfone groups is 1. The van der Waals surface area contributed by atoms with Crippen molar-refractivity contribution in [3.63, 3.8) is 0 Å². The van der Waals surface area contributed by atoms with Gasteiger partial charge in [-0.25, -0.2) is 13.4 Å². The van der Waals surface area contributed by atoms with E-state index in [1.165, 1.54) is 24.4 Å². The molecular formula is C13H14N4O4S. The van der Waals surface area contributed by atoms with Gasteiger partial charge < -0.3 is 5.32 Å². The lowest BCUT2D eigenvalue weighted by Crippen LogP contribution is -2.19. The number of nitro groups is 1. The summed E-state index contributed by atoms with van der Waals surface area (Å²) in [6, 6.07) is 3.98. The first-order valence-electron chi connectivity index (χ1n) is 6.80. The second-order valence-electron chi connectivity index (χ2n) is 5.28. The SMILES string of the molecule is O=[N+]([O-])c1ccc2nc(S(=O)(=O)CC3CCNC3)cnc2c1. The molecule has 22 heavy (non-hydrogen) atoms. The highest BCUT2D eigenvalue weighted by Crippen LogP contribution is 2.21. The Hall–Kier alpha value is -2.13. The summed E-state index contributed by atoms with van der Waals surface area (Å²) in [5, 5.41) is 13.8. The second kappa shape index (κ2) is 5.58. The van der Waals surface area contributed by atoms with E-state index in [9.17, 15) is 18.5 Å². The molecule has 1 aliphatic rings. The van der Waals surface area contributed by atoms with E-state index in [1.54, 1.807) is 0 Å². The van der Waals surface area contributed by atoms with Crippen LogP contribution in [0.4, 0.5) is 5.69 Å². The molecular weight excluding hydrogens is 308 g/mol. The Kier molecular flexibility index (Phi) is 3.75. The highest BCUT2D eigenvalue weighted by atomic mass is 32.2. The molecule has 0 saturated carbocycles. The first kappa shape index (κ1) is 14.8. The fraction of sp³-hybridized carbons (Fsp3) is 0.385. The minimum absolute atomic E-state index is 0.0349. The van der Waals surface area contributed by atoms with Crippen LogP contribution in [-0.4, -0.2) is 42.2 Å². The van der Waals surface area contributed by atoms with Crippen molar-refractivity contribution in [2.24, 2.45) is 5.92 Å². The molecule has 0 aliphatic carbocycles. The molecule has 116 valence electrons. The predicted octanol–water partition coefficient (Wildman–Crippen LogP) is 0.921. The molecule has 0 amide bonds. The van der Waals surface area contributed by atoms with Crippen LogP contribution < -0.4 is 5.32 Å². The lowest BCUT2D eigenvalue weighted by molar-refractivity contribution is -0.384. The maximum Gasteiger partial charge on any atom is 0.271 e. The van der Waals surface area contributed by atoms with Crippen LogP contribution in [0, 0.1) is 16.0 Å². The Bertz CT molecular complexity index is 831. The summed E-state index contributed by atoms with van der Waals surface area (Å²) in [5.41, 5.74) is 0.529. The summed E-state index contributed by atoms with van der Waals surface area (Å²) in [5.74, 6) is 0.118. The highest BCUT2D eigenvalue weighted by molar-refractivity contribution is 7.91. The van der Waals surface area contributed by atoms with Crippen LogP contribution in [0.1, 0.15) is 6.42 Å². The number of nitrogens with zero attached hydrogens (tertiary/aromatic N) is 3. The van der Waals surface area contributed by atoms with Crippen LogP contribution in [0.15, 0.2) is 29.4 Å². The third-order valence-corrected chi connectivity index (χ3v) is 5.39. The van der Waals surface area contributed by atoms with Gasteiger partial charge in [-0.2, -0.15) is 0 Å².